The Hall–Kier alpha value is -7.06. The van der Waals surface area contributed by atoms with Crippen LogP contribution in [0, 0.1) is 0 Å². The van der Waals surface area contributed by atoms with E-state index in [9.17, 15) is 79.2 Å². The Bertz CT molecular complexity index is 2800. The van der Waals surface area contributed by atoms with Gasteiger partial charge in [0.2, 0.25) is 23.6 Å². The summed E-state index contributed by atoms with van der Waals surface area (Å²) in [5, 5.41) is 103. The average Bonchev–Trinajstić information content (AvgIpc) is 0.808. The Morgan fingerprint density at radius 2 is 0.856 bits per heavy atom. The van der Waals surface area contributed by atoms with E-state index in [0.29, 0.717) is 23.0 Å². The Labute approximate surface area is 528 Å². The van der Waals surface area contributed by atoms with Crippen molar-refractivity contribution in [1.82, 2.24) is 31.9 Å². The van der Waals surface area contributed by atoms with E-state index in [-0.39, 0.29) is 74.9 Å². The number of hydrogen-bond donors (Lipinski definition) is 14. The second-order valence-electron chi connectivity index (χ2n) is 21.5. The number of rotatable bonds is 35. The Morgan fingerprint density at radius 3 is 1.19 bits per heavy atom. The fourth-order valence-electron chi connectivity index (χ4n) is 9.98. The number of thioether (sulfide) groups is 2. The van der Waals surface area contributed by atoms with Gasteiger partial charge in [-0.1, -0.05) is 84.9 Å². The molecule has 2 heterocycles. The maximum Gasteiger partial charge on any atom is 0.364 e. The van der Waals surface area contributed by atoms with Crippen LogP contribution in [0.25, 0.3) is 22.3 Å². The topological polar surface area (TPSA) is 408 Å². The van der Waals surface area contributed by atoms with Crippen molar-refractivity contribution in [3.8, 4) is 22.3 Å². The molecule has 14 N–H and O–H groups in total. The van der Waals surface area contributed by atoms with Gasteiger partial charge in [-0.2, -0.15) is 23.5 Å². The number of hydrogen-bond acceptors (Lipinski definition) is 20. The highest BCUT2D eigenvalue weighted by Gasteiger charge is 2.57. The molecule has 0 aromatic heterocycles. The summed E-state index contributed by atoms with van der Waals surface area (Å²) in [5.74, 6) is -9.64. The van der Waals surface area contributed by atoms with Crippen LogP contribution in [-0.2, 0) is 47.7 Å². The van der Waals surface area contributed by atoms with Crippen LogP contribution in [0.15, 0.2) is 109 Å². The first-order chi connectivity index (χ1) is 43.0. The molecule has 490 valence electrons. The van der Waals surface area contributed by atoms with Crippen molar-refractivity contribution >= 4 is 70.9 Å². The SMILES string of the molecule is CC(=O)N[C@H]1[C@H]([C@H](O)[C@H](O)CNC(=O)c2ccc(-c3ccccc3)cc2)O[C@@](OCCCSCCC(=O)NCCNC(=O)CCSCCCO[C@]2(C(=O)O)C[C@H](O)[C@@H](NC(C)=O)[C@H]([C@H](O)[C@H](O)CNC(=O)c3ccc(-c4ccccc4)cc3)O2)(C(=O)O)C[C@@H]1O. The zero-order chi connectivity index (χ0) is 65.4. The highest BCUT2D eigenvalue weighted by Crippen LogP contribution is 2.36. The molecule has 0 aliphatic carbocycles. The summed E-state index contributed by atoms with van der Waals surface area (Å²) in [4.78, 5) is 101. The van der Waals surface area contributed by atoms with Gasteiger partial charge in [-0.05, 0) is 70.9 Å². The van der Waals surface area contributed by atoms with Gasteiger partial charge in [-0.15, -0.1) is 0 Å². The third kappa shape index (κ3) is 21.3. The zero-order valence-corrected chi connectivity index (χ0v) is 51.4. The second-order valence-corrected chi connectivity index (χ2v) is 24.0. The van der Waals surface area contributed by atoms with Gasteiger partial charge in [-0.25, -0.2) is 9.59 Å². The molecule has 26 nitrogen and oxygen atoms in total. The van der Waals surface area contributed by atoms with Gasteiger partial charge in [0, 0.05) is 88.3 Å². The predicted octanol–water partition coefficient (Wildman–Crippen LogP) is 0.787. The van der Waals surface area contributed by atoms with Crippen LogP contribution >= 0.6 is 23.5 Å². The van der Waals surface area contributed by atoms with Crippen LogP contribution in [0.2, 0.25) is 0 Å². The van der Waals surface area contributed by atoms with Gasteiger partial charge in [0.15, 0.2) is 0 Å². The molecule has 6 rings (SSSR count). The van der Waals surface area contributed by atoms with Crippen molar-refractivity contribution in [2.75, 3.05) is 62.4 Å². The van der Waals surface area contributed by atoms with Crippen LogP contribution in [0.1, 0.15) is 73.1 Å². The van der Waals surface area contributed by atoms with E-state index in [1.807, 2.05) is 60.7 Å². The quantitative estimate of drug-likeness (QED) is 0.0283. The van der Waals surface area contributed by atoms with E-state index in [1.165, 1.54) is 23.5 Å². The summed E-state index contributed by atoms with van der Waals surface area (Å²) in [6.45, 7) is 1.17. The highest BCUT2D eigenvalue weighted by atomic mass is 32.2. The summed E-state index contributed by atoms with van der Waals surface area (Å²) in [6, 6.07) is 29.6. The monoisotopic (exact) mass is 1290 g/mol. The third-order valence-electron chi connectivity index (χ3n) is 14.7. The molecule has 2 fully saturated rings. The summed E-state index contributed by atoms with van der Waals surface area (Å²) in [7, 11) is 0. The molecule has 0 unspecified atom stereocenters. The lowest BCUT2D eigenvalue weighted by molar-refractivity contribution is -0.310. The van der Waals surface area contributed by atoms with Crippen LogP contribution in [0.5, 0.6) is 0 Å². The van der Waals surface area contributed by atoms with Crippen molar-refractivity contribution in [1.29, 1.82) is 0 Å². The fraction of sp³-hybridized carbons (Fsp3) is 0.484. The number of carbonyl (C=O) groups is 8. The van der Waals surface area contributed by atoms with Gasteiger partial charge < -0.3 is 91.7 Å². The molecule has 6 amide bonds. The fourth-order valence-corrected chi connectivity index (χ4v) is 11.7. The average molecular weight is 1290 g/mol. The maximum absolute atomic E-state index is 13.0. The van der Waals surface area contributed by atoms with Crippen molar-refractivity contribution in [3.63, 3.8) is 0 Å². The van der Waals surface area contributed by atoms with Gasteiger partial charge >= 0.3 is 11.9 Å². The first-order valence-corrected chi connectivity index (χ1v) is 31.6. The summed E-state index contributed by atoms with van der Waals surface area (Å²) in [5.41, 5.74) is 4.16. The smallest absolute Gasteiger partial charge is 0.364 e. The number of aliphatic carboxylic acids is 2. The first kappa shape index (κ1) is 72.0. The normalized spacial score (nSPS) is 22.8. The highest BCUT2D eigenvalue weighted by molar-refractivity contribution is 7.99. The number of carboxylic acids is 2. The molecule has 0 spiro atoms. The molecule has 90 heavy (non-hydrogen) atoms. The van der Waals surface area contributed by atoms with Crippen LogP contribution in [0.3, 0.4) is 0 Å². The molecule has 4 aromatic carbocycles. The standard InChI is InChI=1S/C62H80N6O20S2/c1-37(69)67-51-45(71)33-61(59(81)82,87-55(51)53(77)47(73)35-65-57(79)43-19-15-41(16-20-43)39-11-5-3-6-12-39)85-27-9-29-89-31-23-49(75)63-25-26-64-50(76)24-32-90-30-10-28-86-62(60(83)84)34-46(72)52(68-38(2)70)56(88-62)54(78)48(74)36-66-58(80)44-21-17-42(18-22-44)40-13-7-4-8-14-40/h3-8,11-22,45-48,51-56,71-74,77-78H,9-10,23-36H2,1-2H3,(H,63,75)(H,64,76)(H,65,79)(H,66,80)(H,67,69)(H,68,70)(H,81,82)(H,83,84)/t45-,46-,47+,48+,51+,52+,53+,54+,55+,56+,61+,62+/m0/s1. The van der Waals surface area contributed by atoms with E-state index >= 15 is 0 Å². The molecule has 2 aliphatic rings. The summed E-state index contributed by atoms with van der Waals surface area (Å²) < 4.78 is 23.1. The minimum atomic E-state index is -2.49. The van der Waals surface area contributed by atoms with Crippen molar-refractivity contribution in [2.45, 2.75) is 125 Å². The van der Waals surface area contributed by atoms with E-state index in [1.54, 1.807) is 48.5 Å². The zero-order valence-electron chi connectivity index (χ0n) is 49.8. The number of carboxylic acid groups (broad SMARTS) is 2. The lowest BCUT2D eigenvalue weighted by Crippen LogP contribution is -2.68. The lowest BCUT2D eigenvalue weighted by atomic mass is 9.88. The molecule has 2 saturated heterocycles. The lowest BCUT2D eigenvalue weighted by Gasteiger charge is -2.46. The number of nitrogens with one attached hydrogen (secondary N) is 6. The third-order valence-corrected chi connectivity index (χ3v) is 16.8. The number of amides is 6. The van der Waals surface area contributed by atoms with Crippen molar-refractivity contribution < 1.29 is 98.2 Å². The largest absolute Gasteiger partial charge is 0.477 e. The van der Waals surface area contributed by atoms with Gasteiger partial charge in [-0.3, -0.25) is 28.8 Å². The predicted molar refractivity (Wildman–Crippen MR) is 330 cm³/mol. The number of aliphatic hydroxyl groups is 6. The van der Waals surface area contributed by atoms with Gasteiger partial charge in [0.05, 0.1) is 49.7 Å². The van der Waals surface area contributed by atoms with Crippen LogP contribution < -0.4 is 31.9 Å². The maximum atomic E-state index is 13.0. The van der Waals surface area contributed by atoms with Crippen molar-refractivity contribution in [3.05, 3.63) is 120 Å². The molecule has 0 radical (unpaired) electrons. The van der Waals surface area contributed by atoms with E-state index < -0.39 is 134 Å². The van der Waals surface area contributed by atoms with Gasteiger partial charge in [0.1, 0.15) is 24.4 Å². The van der Waals surface area contributed by atoms with Gasteiger partial charge in [0.25, 0.3) is 23.4 Å². The van der Waals surface area contributed by atoms with Crippen LogP contribution in [0.4, 0.5) is 0 Å². The first-order valence-electron chi connectivity index (χ1n) is 29.3. The summed E-state index contributed by atoms with van der Waals surface area (Å²) in [6.07, 6.45) is -14.5. The number of aliphatic hydroxyl groups excluding tert-OH is 6. The van der Waals surface area contributed by atoms with E-state index in [0.717, 1.165) is 36.1 Å². The van der Waals surface area contributed by atoms with Crippen molar-refractivity contribution in [2.24, 2.45) is 0 Å². The minimum absolute atomic E-state index is 0.124. The Kier molecular flexibility index (Phi) is 28.4. The van der Waals surface area contributed by atoms with E-state index in [4.69, 9.17) is 18.9 Å². The minimum Gasteiger partial charge on any atom is -0.477 e. The number of ether oxygens (including phenoxy) is 4. The molecule has 0 bridgehead atoms. The van der Waals surface area contributed by atoms with E-state index in [2.05, 4.69) is 31.9 Å². The summed E-state index contributed by atoms with van der Waals surface area (Å²) >= 11 is 2.75. The molecular formula is C62H80N6O20S2. The molecule has 4 aromatic rings. The molecule has 2 aliphatic heterocycles. The van der Waals surface area contributed by atoms with Crippen LogP contribution in [-0.4, -0.2) is 223 Å². The molecule has 12 atom stereocenters. The molecule has 28 heteroatoms. The second kappa shape index (κ2) is 35.5. The molecule has 0 saturated carbocycles. The Morgan fingerprint density at radius 1 is 0.511 bits per heavy atom. The number of carbonyl (C=O) groups excluding carboxylic acids is 6. The number of benzene rings is 4. The molecular weight excluding hydrogens is 1210 g/mol. The Balaban J connectivity index is 0.835.